The lowest BCUT2D eigenvalue weighted by Gasteiger charge is -2.35. The molecule has 0 aliphatic carbocycles. The summed E-state index contributed by atoms with van der Waals surface area (Å²) in [6.07, 6.45) is 2.29. The molecular formula is C13H22N4. The Morgan fingerprint density at radius 2 is 2.24 bits per heavy atom. The number of nitrogens with one attached hydrogen (secondary N) is 1. The molecule has 17 heavy (non-hydrogen) atoms. The van der Waals surface area contributed by atoms with Crippen molar-refractivity contribution in [2.24, 2.45) is 0 Å². The van der Waals surface area contributed by atoms with Crippen LogP contribution in [0.3, 0.4) is 0 Å². The molecule has 0 amide bonds. The number of aromatic nitrogens is 1. The van der Waals surface area contributed by atoms with Gasteiger partial charge in [0, 0.05) is 24.3 Å². The predicted molar refractivity (Wildman–Crippen MR) is 72.1 cm³/mol. The van der Waals surface area contributed by atoms with E-state index in [2.05, 4.69) is 29.2 Å². The Bertz CT molecular complexity index is 391. The molecule has 0 bridgehead atoms. The van der Waals surface area contributed by atoms with E-state index in [4.69, 9.17) is 5.73 Å². The zero-order valence-electron chi connectivity index (χ0n) is 10.9. The SMILES string of the molecule is Cc1ccc(N)c(NC2CCN(C)C(C)C2)n1. The summed E-state index contributed by atoms with van der Waals surface area (Å²) in [4.78, 5) is 6.86. The first-order valence-electron chi connectivity index (χ1n) is 6.26. The molecule has 1 aliphatic heterocycles. The minimum atomic E-state index is 0.484. The number of aryl methyl sites for hydroxylation is 1. The third kappa shape index (κ3) is 2.88. The Hall–Kier alpha value is -1.29. The van der Waals surface area contributed by atoms with E-state index in [1.165, 1.54) is 0 Å². The van der Waals surface area contributed by atoms with Crippen LogP contribution < -0.4 is 11.1 Å². The van der Waals surface area contributed by atoms with Crippen molar-refractivity contribution in [2.75, 3.05) is 24.6 Å². The maximum atomic E-state index is 5.93. The number of nitrogens with two attached hydrogens (primary N) is 1. The predicted octanol–water partition coefficient (Wildman–Crippen LogP) is 1.87. The quantitative estimate of drug-likeness (QED) is 0.820. The average Bonchev–Trinajstić information content (AvgIpc) is 2.29. The molecule has 3 N–H and O–H groups in total. The van der Waals surface area contributed by atoms with Gasteiger partial charge in [0.15, 0.2) is 0 Å². The Morgan fingerprint density at radius 3 is 2.94 bits per heavy atom. The summed E-state index contributed by atoms with van der Waals surface area (Å²) < 4.78 is 0. The number of likely N-dealkylation sites (tertiary alicyclic amines) is 1. The Balaban J connectivity index is 2.03. The molecule has 1 fully saturated rings. The highest BCUT2D eigenvalue weighted by Gasteiger charge is 2.23. The summed E-state index contributed by atoms with van der Waals surface area (Å²) in [6, 6.07) is 4.96. The molecule has 4 heteroatoms. The van der Waals surface area contributed by atoms with Gasteiger partial charge in [-0.3, -0.25) is 0 Å². The zero-order chi connectivity index (χ0) is 12.4. The van der Waals surface area contributed by atoms with Crippen LogP contribution in [-0.2, 0) is 0 Å². The van der Waals surface area contributed by atoms with Crippen molar-refractivity contribution in [3.05, 3.63) is 17.8 Å². The lowest BCUT2D eigenvalue weighted by Crippen LogP contribution is -2.42. The van der Waals surface area contributed by atoms with Crippen molar-refractivity contribution in [3.63, 3.8) is 0 Å². The van der Waals surface area contributed by atoms with E-state index in [0.29, 0.717) is 12.1 Å². The second-order valence-corrected chi connectivity index (χ2v) is 5.09. The van der Waals surface area contributed by atoms with E-state index in [-0.39, 0.29) is 0 Å². The number of hydrogen-bond acceptors (Lipinski definition) is 4. The van der Waals surface area contributed by atoms with E-state index in [1.54, 1.807) is 0 Å². The van der Waals surface area contributed by atoms with Gasteiger partial charge in [-0.25, -0.2) is 4.98 Å². The molecule has 2 atom stereocenters. The molecule has 0 saturated carbocycles. The Morgan fingerprint density at radius 1 is 1.47 bits per heavy atom. The largest absolute Gasteiger partial charge is 0.396 e. The van der Waals surface area contributed by atoms with Gasteiger partial charge >= 0.3 is 0 Å². The fraction of sp³-hybridized carbons (Fsp3) is 0.615. The van der Waals surface area contributed by atoms with Gasteiger partial charge < -0.3 is 16.0 Å². The summed E-state index contributed by atoms with van der Waals surface area (Å²) in [5.74, 6) is 0.840. The van der Waals surface area contributed by atoms with Gasteiger partial charge in [0.2, 0.25) is 0 Å². The van der Waals surface area contributed by atoms with Crippen molar-refractivity contribution in [3.8, 4) is 0 Å². The number of rotatable bonds is 2. The van der Waals surface area contributed by atoms with E-state index < -0.39 is 0 Å². The van der Waals surface area contributed by atoms with Crippen molar-refractivity contribution < 1.29 is 0 Å². The number of pyridine rings is 1. The molecule has 1 aliphatic rings. The van der Waals surface area contributed by atoms with Gasteiger partial charge in [-0.1, -0.05) is 0 Å². The third-order valence-corrected chi connectivity index (χ3v) is 3.61. The fourth-order valence-corrected chi connectivity index (χ4v) is 2.30. The van der Waals surface area contributed by atoms with Crippen LogP contribution >= 0.6 is 0 Å². The molecular weight excluding hydrogens is 212 g/mol. The third-order valence-electron chi connectivity index (χ3n) is 3.61. The standard InChI is InChI=1S/C13H22N4/c1-9-4-5-12(14)13(15-9)16-11-6-7-17(3)10(2)8-11/h4-5,10-11H,6-8,14H2,1-3H3,(H,15,16). The smallest absolute Gasteiger partial charge is 0.149 e. The number of nitrogen functional groups attached to an aromatic ring is 1. The van der Waals surface area contributed by atoms with Crippen LogP contribution in [0.5, 0.6) is 0 Å². The van der Waals surface area contributed by atoms with E-state index in [9.17, 15) is 0 Å². The minimum Gasteiger partial charge on any atom is -0.396 e. The normalized spacial score (nSPS) is 25.8. The van der Waals surface area contributed by atoms with Crippen LogP contribution in [0.2, 0.25) is 0 Å². The molecule has 2 unspecified atom stereocenters. The zero-order valence-corrected chi connectivity index (χ0v) is 10.9. The van der Waals surface area contributed by atoms with Crippen LogP contribution in [0.15, 0.2) is 12.1 Å². The van der Waals surface area contributed by atoms with Crippen LogP contribution in [0.1, 0.15) is 25.5 Å². The van der Waals surface area contributed by atoms with Gasteiger partial charge in [0.1, 0.15) is 5.82 Å². The Labute approximate surface area is 103 Å². The van der Waals surface area contributed by atoms with Crippen LogP contribution in [0.4, 0.5) is 11.5 Å². The second-order valence-electron chi connectivity index (χ2n) is 5.09. The summed E-state index contributed by atoms with van der Waals surface area (Å²) >= 11 is 0. The van der Waals surface area contributed by atoms with Crippen molar-refractivity contribution in [1.29, 1.82) is 0 Å². The van der Waals surface area contributed by atoms with Gasteiger partial charge in [-0.05, 0) is 45.9 Å². The van der Waals surface area contributed by atoms with E-state index >= 15 is 0 Å². The molecule has 1 saturated heterocycles. The number of piperidine rings is 1. The van der Waals surface area contributed by atoms with E-state index in [0.717, 1.165) is 36.6 Å². The topological polar surface area (TPSA) is 54.2 Å². The van der Waals surface area contributed by atoms with Crippen LogP contribution in [0, 0.1) is 6.92 Å². The maximum Gasteiger partial charge on any atom is 0.149 e. The highest BCUT2D eigenvalue weighted by Crippen LogP contribution is 2.22. The first-order valence-corrected chi connectivity index (χ1v) is 6.26. The van der Waals surface area contributed by atoms with Crippen molar-refractivity contribution >= 4 is 11.5 Å². The lowest BCUT2D eigenvalue weighted by molar-refractivity contribution is 0.190. The summed E-state index contributed by atoms with van der Waals surface area (Å²) in [5, 5.41) is 3.48. The van der Waals surface area contributed by atoms with Gasteiger partial charge in [0.25, 0.3) is 0 Å². The summed E-state index contributed by atoms with van der Waals surface area (Å²) in [5.41, 5.74) is 7.67. The number of hydrogen-bond donors (Lipinski definition) is 2. The lowest BCUT2D eigenvalue weighted by atomic mass is 9.99. The number of anilines is 2. The first-order chi connectivity index (χ1) is 8.06. The molecule has 0 aromatic carbocycles. The highest BCUT2D eigenvalue weighted by atomic mass is 15.2. The maximum absolute atomic E-state index is 5.93. The molecule has 0 radical (unpaired) electrons. The van der Waals surface area contributed by atoms with Gasteiger partial charge in [-0.15, -0.1) is 0 Å². The van der Waals surface area contributed by atoms with Gasteiger partial charge in [0.05, 0.1) is 5.69 Å². The monoisotopic (exact) mass is 234 g/mol. The molecule has 94 valence electrons. The molecule has 2 heterocycles. The Kier molecular flexibility index (Phi) is 3.52. The van der Waals surface area contributed by atoms with Crippen LogP contribution in [-0.4, -0.2) is 35.6 Å². The molecule has 4 nitrogen and oxygen atoms in total. The molecule has 2 rings (SSSR count). The fourth-order valence-electron chi connectivity index (χ4n) is 2.30. The average molecular weight is 234 g/mol. The van der Waals surface area contributed by atoms with E-state index in [1.807, 2.05) is 19.1 Å². The molecule has 0 spiro atoms. The highest BCUT2D eigenvalue weighted by molar-refractivity contribution is 5.61. The first kappa shape index (κ1) is 12.2. The summed E-state index contributed by atoms with van der Waals surface area (Å²) in [6.45, 7) is 5.38. The van der Waals surface area contributed by atoms with Crippen molar-refractivity contribution in [1.82, 2.24) is 9.88 Å². The van der Waals surface area contributed by atoms with Crippen LogP contribution in [0.25, 0.3) is 0 Å². The molecule has 1 aromatic rings. The van der Waals surface area contributed by atoms with Crippen molar-refractivity contribution in [2.45, 2.75) is 38.8 Å². The second kappa shape index (κ2) is 4.92. The summed E-state index contributed by atoms with van der Waals surface area (Å²) in [7, 11) is 2.18. The number of nitrogens with zero attached hydrogens (tertiary/aromatic N) is 2. The molecule has 1 aromatic heterocycles. The minimum absolute atomic E-state index is 0.484. The van der Waals surface area contributed by atoms with Gasteiger partial charge in [-0.2, -0.15) is 0 Å².